The molecule has 0 aliphatic rings. The summed E-state index contributed by atoms with van der Waals surface area (Å²) in [5, 5.41) is 0.771. The first-order valence-electron chi connectivity index (χ1n) is 5.36. The summed E-state index contributed by atoms with van der Waals surface area (Å²) >= 11 is 1.33. The molecule has 2 N–H and O–H groups in total. The zero-order valence-electron chi connectivity index (χ0n) is 10.2. The van der Waals surface area contributed by atoms with Crippen molar-refractivity contribution in [3.05, 3.63) is 15.6 Å². The molecule has 0 spiro atoms. The van der Waals surface area contributed by atoms with Crippen molar-refractivity contribution in [1.29, 1.82) is 0 Å². The lowest BCUT2D eigenvalue weighted by atomic mass is 10.1. The number of hydrogen-bond acceptors (Lipinski definition) is 5. The van der Waals surface area contributed by atoms with Crippen molar-refractivity contribution in [2.45, 2.75) is 39.7 Å². The van der Waals surface area contributed by atoms with Gasteiger partial charge in [-0.2, -0.15) is 0 Å². The summed E-state index contributed by atoms with van der Waals surface area (Å²) in [6.45, 7) is 7.88. The Labute approximate surface area is 99.8 Å². The largest absolute Gasteiger partial charge is 0.462 e. The first kappa shape index (κ1) is 13.1. The van der Waals surface area contributed by atoms with Gasteiger partial charge in [-0.25, -0.2) is 9.78 Å². The van der Waals surface area contributed by atoms with Gasteiger partial charge in [-0.1, -0.05) is 6.92 Å². The van der Waals surface area contributed by atoms with E-state index < -0.39 is 5.54 Å². The molecule has 1 rings (SSSR count). The maximum absolute atomic E-state index is 11.7. The first-order valence-corrected chi connectivity index (χ1v) is 6.18. The molecule has 0 unspecified atom stereocenters. The van der Waals surface area contributed by atoms with E-state index in [2.05, 4.69) is 4.98 Å². The van der Waals surface area contributed by atoms with Crippen LogP contribution < -0.4 is 5.73 Å². The molecule has 1 aromatic heterocycles. The van der Waals surface area contributed by atoms with E-state index >= 15 is 0 Å². The maximum Gasteiger partial charge on any atom is 0.350 e. The highest BCUT2D eigenvalue weighted by atomic mass is 32.1. The van der Waals surface area contributed by atoms with Crippen molar-refractivity contribution in [3.63, 3.8) is 0 Å². The van der Waals surface area contributed by atoms with E-state index in [1.165, 1.54) is 11.3 Å². The molecular formula is C11H18N2O2S. The molecular weight excluding hydrogens is 224 g/mol. The van der Waals surface area contributed by atoms with Gasteiger partial charge in [0.05, 0.1) is 17.8 Å². The van der Waals surface area contributed by atoms with Crippen LogP contribution in [0.25, 0.3) is 0 Å². The highest BCUT2D eigenvalue weighted by molar-refractivity contribution is 7.13. The summed E-state index contributed by atoms with van der Waals surface area (Å²) in [7, 11) is 0. The monoisotopic (exact) mass is 242 g/mol. The molecule has 5 heteroatoms. The molecule has 0 bridgehead atoms. The summed E-state index contributed by atoms with van der Waals surface area (Å²) in [6.07, 6.45) is 0.709. The Morgan fingerprint density at radius 2 is 2.12 bits per heavy atom. The lowest BCUT2D eigenvalue weighted by Crippen LogP contribution is -2.28. The molecule has 0 aromatic carbocycles. The minimum atomic E-state index is -0.515. The first-order chi connectivity index (χ1) is 7.40. The van der Waals surface area contributed by atoms with Crippen molar-refractivity contribution >= 4 is 17.3 Å². The molecule has 0 fully saturated rings. The van der Waals surface area contributed by atoms with Gasteiger partial charge in [0.25, 0.3) is 0 Å². The van der Waals surface area contributed by atoms with Crippen LogP contribution in [0, 0.1) is 0 Å². The van der Waals surface area contributed by atoms with Gasteiger partial charge >= 0.3 is 5.97 Å². The van der Waals surface area contributed by atoms with E-state index in [4.69, 9.17) is 10.5 Å². The van der Waals surface area contributed by atoms with Gasteiger partial charge in [0.15, 0.2) is 0 Å². The third-order valence-corrected chi connectivity index (χ3v) is 3.46. The molecule has 0 aliphatic carbocycles. The second kappa shape index (κ2) is 4.93. The third-order valence-electron chi connectivity index (χ3n) is 2.04. The maximum atomic E-state index is 11.7. The topological polar surface area (TPSA) is 65.2 Å². The van der Waals surface area contributed by atoms with E-state index in [-0.39, 0.29) is 5.97 Å². The number of esters is 1. The van der Waals surface area contributed by atoms with Crippen molar-refractivity contribution in [2.75, 3.05) is 6.61 Å². The number of thiazole rings is 1. The third kappa shape index (κ3) is 2.80. The molecule has 0 aliphatic heterocycles. The van der Waals surface area contributed by atoms with Gasteiger partial charge in [-0.3, -0.25) is 0 Å². The number of carbonyl (C=O) groups is 1. The quantitative estimate of drug-likeness (QED) is 0.821. The van der Waals surface area contributed by atoms with Crippen molar-refractivity contribution < 1.29 is 9.53 Å². The number of aryl methyl sites for hydroxylation is 1. The van der Waals surface area contributed by atoms with Crippen LogP contribution >= 0.6 is 11.3 Å². The van der Waals surface area contributed by atoms with Gasteiger partial charge in [-0.05, 0) is 27.2 Å². The van der Waals surface area contributed by atoms with Crippen LogP contribution in [0.4, 0.5) is 0 Å². The van der Waals surface area contributed by atoms with Crippen LogP contribution in [0.15, 0.2) is 0 Å². The van der Waals surface area contributed by atoms with Crippen LogP contribution in [-0.4, -0.2) is 17.6 Å². The van der Waals surface area contributed by atoms with Crippen LogP contribution in [-0.2, 0) is 16.7 Å². The van der Waals surface area contributed by atoms with E-state index in [0.29, 0.717) is 17.9 Å². The zero-order chi connectivity index (χ0) is 12.3. The molecule has 0 radical (unpaired) electrons. The number of carbonyl (C=O) groups excluding carboxylic acids is 1. The Morgan fingerprint density at radius 3 is 2.56 bits per heavy atom. The second-order valence-electron chi connectivity index (χ2n) is 4.09. The Bertz CT molecular complexity index is 380. The van der Waals surface area contributed by atoms with E-state index in [1.807, 2.05) is 20.8 Å². The van der Waals surface area contributed by atoms with Gasteiger partial charge in [-0.15, -0.1) is 11.3 Å². The molecule has 1 aromatic rings. The lowest BCUT2D eigenvalue weighted by molar-refractivity contribution is 0.0530. The Balaban J connectivity index is 3.09. The molecule has 0 saturated heterocycles. The second-order valence-corrected chi connectivity index (χ2v) is 5.09. The Morgan fingerprint density at radius 1 is 1.50 bits per heavy atom. The van der Waals surface area contributed by atoms with Crippen LogP contribution in [0.2, 0.25) is 0 Å². The average Bonchev–Trinajstić information content (AvgIpc) is 2.61. The number of hydrogen-bond donors (Lipinski definition) is 1. The minimum absolute atomic E-state index is 0.299. The number of ether oxygens (including phenoxy) is 1. The number of aromatic nitrogens is 1. The fourth-order valence-corrected chi connectivity index (χ4v) is 2.29. The fraction of sp³-hybridized carbons (Fsp3) is 0.636. The van der Waals surface area contributed by atoms with Crippen LogP contribution in [0.1, 0.15) is 48.1 Å². The molecule has 0 saturated carbocycles. The Kier molecular flexibility index (Phi) is 4.04. The van der Waals surface area contributed by atoms with E-state index in [9.17, 15) is 4.79 Å². The molecule has 0 amide bonds. The van der Waals surface area contributed by atoms with Crippen LogP contribution in [0.5, 0.6) is 0 Å². The molecule has 16 heavy (non-hydrogen) atoms. The lowest BCUT2D eigenvalue weighted by Gasteiger charge is -2.13. The Hall–Kier alpha value is -0.940. The summed E-state index contributed by atoms with van der Waals surface area (Å²) in [4.78, 5) is 16.6. The number of nitrogens with two attached hydrogens (primary N) is 1. The van der Waals surface area contributed by atoms with Gasteiger partial charge in [0, 0.05) is 0 Å². The SMILES string of the molecule is CCOC(=O)c1sc(C(C)(C)N)nc1CC. The average molecular weight is 242 g/mol. The smallest absolute Gasteiger partial charge is 0.350 e. The molecule has 1 heterocycles. The molecule has 90 valence electrons. The summed E-state index contributed by atoms with van der Waals surface area (Å²) in [6, 6.07) is 0. The summed E-state index contributed by atoms with van der Waals surface area (Å²) in [5.41, 5.74) is 6.22. The predicted octanol–water partition coefficient (Wildman–Crippen LogP) is 2.08. The van der Waals surface area contributed by atoms with E-state index in [0.717, 1.165) is 10.7 Å². The summed E-state index contributed by atoms with van der Waals surface area (Å²) in [5.74, 6) is -0.299. The number of nitrogens with zero attached hydrogens (tertiary/aromatic N) is 1. The van der Waals surface area contributed by atoms with Gasteiger partial charge < -0.3 is 10.5 Å². The highest BCUT2D eigenvalue weighted by Crippen LogP contribution is 2.27. The zero-order valence-corrected chi connectivity index (χ0v) is 11.0. The summed E-state index contributed by atoms with van der Waals surface area (Å²) < 4.78 is 4.99. The van der Waals surface area contributed by atoms with Gasteiger partial charge in [0.1, 0.15) is 9.88 Å². The van der Waals surface area contributed by atoms with E-state index in [1.54, 1.807) is 6.92 Å². The normalized spacial score (nSPS) is 11.6. The van der Waals surface area contributed by atoms with Crippen molar-refractivity contribution in [2.24, 2.45) is 5.73 Å². The van der Waals surface area contributed by atoms with Gasteiger partial charge in [0.2, 0.25) is 0 Å². The van der Waals surface area contributed by atoms with Crippen molar-refractivity contribution in [1.82, 2.24) is 4.98 Å². The standard InChI is InChI=1S/C11H18N2O2S/c1-5-7-8(9(14)15-6-2)16-10(13-7)11(3,4)12/h5-6,12H2,1-4H3. The van der Waals surface area contributed by atoms with Crippen LogP contribution in [0.3, 0.4) is 0 Å². The predicted molar refractivity (Wildman–Crippen MR) is 64.7 cm³/mol. The highest BCUT2D eigenvalue weighted by Gasteiger charge is 2.24. The fourth-order valence-electron chi connectivity index (χ4n) is 1.22. The molecule has 4 nitrogen and oxygen atoms in total. The minimum Gasteiger partial charge on any atom is -0.462 e. The van der Waals surface area contributed by atoms with Crippen molar-refractivity contribution in [3.8, 4) is 0 Å². The molecule has 0 atom stereocenters. The number of rotatable bonds is 4.